The molecule has 296 valence electrons. The Morgan fingerprint density at radius 1 is 0.571 bits per heavy atom. The van der Waals surface area contributed by atoms with Crippen LogP contribution in [0.4, 0.5) is 0 Å². The molecule has 0 atom stereocenters. The lowest BCUT2D eigenvalue weighted by atomic mass is 9.81. The summed E-state index contributed by atoms with van der Waals surface area (Å²) in [6.45, 7) is 32.4. The normalized spacial score (nSPS) is 11.8. The first-order valence-electron chi connectivity index (χ1n) is 21.1. The monoisotopic (exact) mass is 746 g/mol. The van der Waals surface area contributed by atoms with Crippen molar-refractivity contribution in [3.8, 4) is 33.4 Å². The van der Waals surface area contributed by atoms with Crippen LogP contribution in [-0.4, -0.2) is 6.54 Å². The highest BCUT2D eigenvalue weighted by Gasteiger charge is 2.33. The summed E-state index contributed by atoms with van der Waals surface area (Å²) in [5.74, 6) is 0. The van der Waals surface area contributed by atoms with Gasteiger partial charge in [0.25, 0.3) is 0 Å². The first-order chi connectivity index (χ1) is 27.3. The van der Waals surface area contributed by atoms with E-state index in [2.05, 4.69) is 152 Å². The van der Waals surface area contributed by atoms with Crippen molar-refractivity contribution in [1.82, 2.24) is 0 Å². The van der Waals surface area contributed by atoms with Crippen molar-refractivity contribution < 1.29 is 0 Å². The summed E-state index contributed by atoms with van der Waals surface area (Å²) in [6.07, 6.45) is 27.4. The largest absolute Gasteiger partial charge is 0.330 e. The van der Waals surface area contributed by atoms with Crippen LogP contribution in [0.5, 0.6) is 0 Å². The Labute approximate surface area is 341 Å². The van der Waals surface area contributed by atoms with E-state index in [0.717, 1.165) is 23.4 Å². The van der Waals surface area contributed by atoms with Crippen molar-refractivity contribution in [2.75, 3.05) is 6.54 Å². The molecule has 0 bridgehead atoms. The zero-order valence-corrected chi connectivity index (χ0v) is 36.4. The van der Waals surface area contributed by atoms with Crippen LogP contribution in [0.3, 0.4) is 0 Å². The Kier molecular flexibility index (Phi) is 21.9. The van der Waals surface area contributed by atoms with Crippen LogP contribution in [-0.2, 0) is 0 Å². The molecular formula is C55H71N. The van der Waals surface area contributed by atoms with Crippen molar-refractivity contribution in [2.45, 2.75) is 107 Å². The van der Waals surface area contributed by atoms with E-state index in [1.807, 2.05) is 45.1 Å². The van der Waals surface area contributed by atoms with Gasteiger partial charge in [0.05, 0.1) is 0 Å². The molecule has 0 aliphatic heterocycles. The molecule has 1 nitrogen and oxygen atoms in total. The molecule has 0 saturated carbocycles. The summed E-state index contributed by atoms with van der Waals surface area (Å²) in [7, 11) is 0. The van der Waals surface area contributed by atoms with Gasteiger partial charge in [-0.05, 0) is 122 Å². The molecular weight excluding hydrogens is 675 g/mol. The van der Waals surface area contributed by atoms with E-state index in [4.69, 9.17) is 5.73 Å². The maximum absolute atomic E-state index is 5.14. The van der Waals surface area contributed by atoms with Crippen LogP contribution in [0.1, 0.15) is 117 Å². The lowest BCUT2D eigenvalue weighted by Crippen LogP contribution is -2.25. The van der Waals surface area contributed by atoms with E-state index in [1.165, 1.54) is 110 Å². The minimum atomic E-state index is 0.844. The van der Waals surface area contributed by atoms with Gasteiger partial charge in [-0.2, -0.15) is 0 Å². The van der Waals surface area contributed by atoms with Crippen molar-refractivity contribution in [3.63, 3.8) is 0 Å². The molecule has 0 aromatic heterocycles. The molecule has 6 rings (SSSR count). The fraction of sp³-hybridized carbons (Fsp3) is 0.309. The van der Waals surface area contributed by atoms with Crippen LogP contribution in [0, 0.1) is 6.92 Å². The predicted molar refractivity (Wildman–Crippen MR) is 256 cm³/mol. The predicted octanol–water partition coefficient (Wildman–Crippen LogP) is 13.0. The summed E-state index contributed by atoms with van der Waals surface area (Å²) < 4.78 is 0. The van der Waals surface area contributed by atoms with Gasteiger partial charge in [-0.25, -0.2) is 0 Å². The number of unbranched alkanes of at least 4 members (excludes halogenated alkanes) is 4. The fourth-order valence-electron chi connectivity index (χ4n) is 7.18. The Morgan fingerprint density at radius 3 is 1.50 bits per heavy atom. The Morgan fingerprint density at radius 2 is 1.09 bits per heavy atom. The Bertz CT molecular complexity index is 2180. The zero-order valence-electron chi connectivity index (χ0n) is 36.4. The van der Waals surface area contributed by atoms with Crippen LogP contribution in [0.2, 0.25) is 0 Å². The topological polar surface area (TPSA) is 26.0 Å². The van der Waals surface area contributed by atoms with Crippen LogP contribution < -0.4 is 26.6 Å². The fourth-order valence-corrected chi connectivity index (χ4v) is 7.18. The third-order valence-corrected chi connectivity index (χ3v) is 9.65. The van der Waals surface area contributed by atoms with Crippen LogP contribution in [0.25, 0.3) is 57.7 Å². The highest BCUT2D eigenvalue weighted by atomic mass is 14.5. The third-order valence-electron chi connectivity index (χ3n) is 9.65. The van der Waals surface area contributed by atoms with Crippen LogP contribution >= 0.6 is 0 Å². The number of allylic oxidation sites excluding steroid dienone is 9. The lowest BCUT2D eigenvalue weighted by Gasteiger charge is -2.22. The molecule has 0 heterocycles. The summed E-state index contributed by atoms with van der Waals surface area (Å²) in [6, 6.07) is 24.0. The smallest absolute Gasteiger partial charge is 0.00109 e. The van der Waals surface area contributed by atoms with Gasteiger partial charge in [-0.1, -0.05) is 215 Å². The number of rotatable bonds is 11. The van der Waals surface area contributed by atoms with Gasteiger partial charge < -0.3 is 5.73 Å². The number of hydrogen-bond donors (Lipinski definition) is 1. The first-order valence-corrected chi connectivity index (χ1v) is 21.1. The summed E-state index contributed by atoms with van der Waals surface area (Å²) >= 11 is 0. The van der Waals surface area contributed by atoms with Crippen molar-refractivity contribution in [1.29, 1.82) is 0 Å². The molecule has 2 aliphatic carbocycles. The van der Waals surface area contributed by atoms with Crippen molar-refractivity contribution in [2.24, 2.45) is 5.73 Å². The molecule has 56 heavy (non-hydrogen) atoms. The number of nitrogens with two attached hydrogens (primary N) is 1. The summed E-state index contributed by atoms with van der Waals surface area (Å²) in [5, 5.41) is 4.67. The van der Waals surface area contributed by atoms with E-state index in [0.29, 0.717) is 0 Å². The molecule has 0 radical (unpaired) electrons. The molecule has 2 N–H and O–H groups in total. The van der Waals surface area contributed by atoms with Gasteiger partial charge in [0.1, 0.15) is 0 Å². The molecule has 0 fully saturated rings. The summed E-state index contributed by atoms with van der Waals surface area (Å²) in [4.78, 5) is 0. The average molecular weight is 746 g/mol. The Balaban J connectivity index is 0.000000450. The van der Waals surface area contributed by atoms with Crippen molar-refractivity contribution in [3.05, 3.63) is 166 Å². The molecule has 4 aromatic carbocycles. The molecule has 0 saturated heterocycles. The quantitative estimate of drug-likeness (QED) is 0.120. The van der Waals surface area contributed by atoms with E-state index >= 15 is 0 Å². The second-order valence-corrected chi connectivity index (χ2v) is 13.7. The average Bonchev–Trinajstić information content (AvgIpc) is 3.74. The van der Waals surface area contributed by atoms with Crippen LogP contribution in [0.15, 0.2) is 128 Å². The molecule has 1 heteroatoms. The van der Waals surface area contributed by atoms with Gasteiger partial charge in [0.15, 0.2) is 0 Å². The lowest BCUT2D eigenvalue weighted by molar-refractivity contribution is 0.702. The minimum absolute atomic E-state index is 0.844. The highest BCUT2D eigenvalue weighted by Crippen LogP contribution is 2.51. The maximum Gasteiger partial charge on any atom is -0.00109 e. The van der Waals surface area contributed by atoms with E-state index in [9.17, 15) is 0 Å². The Hall–Kier alpha value is -4.98. The van der Waals surface area contributed by atoms with E-state index < -0.39 is 0 Å². The second-order valence-electron chi connectivity index (χ2n) is 13.7. The molecule has 2 aliphatic rings. The van der Waals surface area contributed by atoms with Gasteiger partial charge >= 0.3 is 0 Å². The third kappa shape index (κ3) is 11.5. The highest BCUT2D eigenvalue weighted by molar-refractivity contribution is 6.11. The number of benzene rings is 4. The number of hydrogen-bond acceptors (Lipinski definition) is 1. The molecule has 0 unspecified atom stereocenters. The molecule has 4 aromatic rings. The van der Waals surface area contributed by atoms with Crippen molar-refractivity contribution >= 4 is 24.3 Å². The first kappa shape index (κ1) is 47.2. The second kappa shape index (κ2) is 26.0. The number of fused-ring (bicyclic) bond motifs is 6. The zero-order chi connectivity index (χ0) is 41.5. The maximum atomic E-state index is 5.14. The summed E-state index contributed by atoms with van der Waals surface area (Å²) in [5.41, 5.74) is 19.5. The minimum Gasteiger partial charge on any atom is -0.330 e. The standard InChI is InChI=1S/C36H30.C7H10.C6H14.C4H11N.C2H6/c1-6-8-19-29-31-23(4)16-13-21-28(31)33-24(5)32-27-20-12-15-22(3)30(27)26(14-7-2)35(32)34(36(29)33)25-17-10-9-11-18-25;1-3-5-7-6-4-2;1-3-5-6-4-2;1-2-3-4-5;1-2/h7-21H,3-4,6H2,1-2,5H3;3-7H,1H2,2H3;3-6H2,1-2H3;2-5H2,1H3;1-2H3/b14-7-,19-8-;6-4-,7-5-;;;. The molecule has 0 amide bonds. The SMILES string of the molecule is C=C/C=C\C=C/C.C=c1cccc2c1=C(/C=C\C)c1c-2c(C)c2c(c1-c1ccccc1)C(/C=C\CC)=c1c-2cccc1=C.CC.CCCCCC.CCCCN. The van der Waals surface area contributed by atoms with E-state index in [-0.39, 0.29) is 0 Å². The molecule has 0 spiro atoms. The van der Waals surface area contributed by atoms with Gasteiger partial charge in [0, 0.05) is 0 Å². The van der Waals surface area contributed by atoms with Gasteiger partial charge in [-0.15, -0.1) is 0 Å². The van der Waals surface area contributed by atoms with Gasteiger partial charge in [-0.3, -0.25) is 0 Å². The van der Waals surface area contributed by atoms with E-state index in [1.54, 1.807) is 6.08 Å². The van der Waals surface area contributed by atoms with Gasteiger partial charge in [0.2, 0.25) is 0 Å².